The lowest BCUT2D eigenvalue weighted by molar-refractivity contribution is 0.415. The second-order valence-electron chi connectivity index (χ2n) is 4.12. The van der Waals surface area contributed by atoms with Gasteiger partial charge in [0, 0.05) is 17.8 Å². The van der Waals surface area contributed by atoms with Crippen LogP contribution in [0.5, 0.6) is 5.75 Å². The van der Waals surface area contributed by atoms with E-state index in [1.54, 1.807) is 13.3 Å². The standard InChI is InChI=1S/C14H13N3O/c1-10-8-14-15-7-6-13(17(14)16-10)11-4-3-5-12(9-11)18-2/h3-9H,1-2H3. The van der Waals surface area contributed by atoms with E-state index in [2.05, 4.69) is 10.1 Å². The summed E-state index contributed by atoms with van der Waals surface area (Å²) in [5.74, 6) is 0.835. The van der Waals surface area contributed by atoms with Crippen molar-refractivity contribution in [2.75, 3.05) is 7.11 Å². The third-order valence-electron chi connectivity index (χ3n) is 2.85. The summed E-state index contributed by atoms with van der Waals surface area (Å²) in [7, 11) is 1.67. The third-order valence-corrected chi connectivity index (χ3v) is 2.85. The van der Waals surface area contributed by atoms with Gasteiger partial charge in [-0.25, -0.2) is 9.50 Å². The molecule has 0 aliphatic carbocycles. The van der Waals surface area contributed by atoms with Crippen LogP contribution in [0.25, 0.3) is 16.9 Å². The molecule has 2 heterocycles. The molecule has 0 N–H and O–H groups in total. The highest BCUT2D eigenvalue weighted by Gasteiger charge is 2.07. The van der Waals surface area contributed by atoms with Gasteiger partial charge >= 0.3 is 0 Å². The Hall–Kier alpha value is -2.36. The number of fused-ring (bicyclic) bond motifs is 1. The Kier molecular flexibility index (Phi) is 2.48. The van der Waals surface area contributed by atoms with Gasteiger partial charge in [-0.2, -0.15) is 5.10 Å². The first-order valence-corrected chi connectivity index (χ1v) is 5.74. The number of hydrogen-bond donors (Lipinski definition) is 0. The fourth-order valence-electron chi connectivity index (χ4n) is 2.01. The van der Waals surface area contributed by atoms with Crippen LogP contribution < -0.4 is 4.74 Å². The van der Waals surface area contributed by atoms with E-state index in [-0.39, 0.29) is 0 Å². The molecule has 3 aromatic rings. The lowest BCUT2D eigenvalue weighted by Gasteiger charge is -2.06. The molecule has 1 aromatic carbocycles. The normalized spacial score (nSPS) is 10.8. The zero-order valence-electron chi connectivity index (χ0n) is 10.3. The van der Waals surface area contributed by atoms with Gasteiger partial charge in [0.25, 0.3) is 0 Å². The minimum absolute atomic E-state index is 0.835. The van der Waals surface area contributed by atoms with E-state index in [0.29, 0.717) is 0 Å². The lowest BCUT2D eigenvalue weighted by Crippen LogP contribution is -1.95. The van der Waals surface area contributed by atoms with Gasteiger partial charge in [0.15, 0.2) is 5.65 Å². The zero-order valence-corrected chi connectivity index (χ0v) is 10.3. The highest BCUT2D eigenvalue weighted by atomic mass is 16.5. The molecule has 90 valence electrons. The Balaban J connectivity index is 2.24. The van der Waals surface area contributed by atoms with Crippen LogP contribution in [0, 0.1) is 6.92 Å². The van der Waals surface area contributed by atoms with Gasteiger partial charge in [0.1, 0.15) is 5.75 Å². The summed E-state index contributed by atoms with van der Waals surface area (Å²) in [5.41, 5.74) is 3.88. The Morgan fingerprint density at radius 1 is 1.17 bits per heavy atom. The van der Waals surface area contributed by atoms with Gasteiger partial charge in [-0.15, -0.1) is 0 Å². The lowest BCUT2D eigenvalue weighted by atomic mass is 10.1. The summed E-state index contributed by atoms with van der Waals surface area (Å²) in [5, 5.41) is 4.46. The van der Waals surface area contributed by atoms with Gasteiger partial charge in [-0.3, -0.25) is 0 Å². The molecule has 4 nitrogen and oxygen atoms in total. The van der Waals surface area contributed by atoms with E-state index < -0.39 is 0 Å². The molecule has 0 saturated carbocycles. The summed E-state index contributed by atoms with van der Waals surface area (Å²) in [6.07, 6.45) is 1.80. The van der Waals surface area contributed by atoms with Crippen LogP contribution in [-0.4, -0.2) is 21.7 Å². The largest absolute Gasteiger partial charge is 0.497 e. The minimum Gasteiger partial charge on any atom is -0.497 e. The number of aromatic nitrogens is 3. The summed E-state index contributed by atoms with van der Waals surface area (Å²) >= 11 is 0. The van der Waals surface area contributed by atoms with Crippen LogP contribution in [0.1, 0.15) is 5.69 Å². The molecule has 4 heteroatoms. The molecule has 0 amide bonds. The van der Waals surface area contributed by atoms with Crippen molar-refractivity contribution in [3.8, 4) is 17.0 Å². The quantitative estimate of drug-likeness (QED) is 0.690. The number of hydrogen-bond acceptors (Lipinski definition) is 3. The minimum atomic E-state index is 0.835. The molecule has 3 rings (SSSR count). The molecule has 0 bridgehead atoms. The molecule has 0 fully saturated rings. The maximum Gasteiger partial charge on any atom is 0.155 e. The van der Waals surface area contributed by atoms with Crippen LogP contribution >= 0.6 is 0 Å². The molecule has 0 atom stereocenters. The van der Waals surface area contributed by atoms with Crippen LogP contribution in [0.4, 0.5) is 0 Å². The van der Waals surface area contributed by atoms with Crippen molar-refractivity contribution in [2.24, 2.45) is 0 Å². The fourth-order valence-corrected chi connectivity index (χ4v) is 2.01. The molecule has 0 unspecified atom stereocenters. The highest BCUT2D eigenvalue weighted by molar-refractivity contribution is 5.64. The first-order chi connectivity index (χ1) is 8.78. The molecule has 0 aliphatic rings. The predicted molar refractivity (Wildman–Crippen MR) is 69.7 cm³/mol. The molecule has 0 radical (unpaired) electrons. The SMILES string of the molecule is COc1cccc(-c2ccnc3cc(C)nn23)c1. The molecule has 0 aliphatic heterocycles. The summed E-state index contributed by atoms with van der Waals surface area (Å²) in [4.78, 5) is 4.30. The average molecular weight is 239 g/mol. The summed E-state index contributed by atoms with van der Waals surface area (Å²) in [6.45, 7) is 1.96. The summed E-state index contributed by atoms with van der Waals surface area (Å²) in [6, 6.07) is 11.8. The smallest absolute Gasteiger partial charge is 0.155 e. The van der Waals surface area contributed by atoms with Gasteiger partial charge in [0.05, 0.1) is 18.5 Å². The maximum atomic E-state index is 5.25. The van der Waals surface area contributed by atoms with Crippen molar-refractivity contribution in [2.45, 2.75) is 6.92 Å². The van der Waals surface area contributed by atoms with E-state index in [1.165, 1.54) is 0 Å². The van der Waals surface area contributed by atoms with Crippen LogP contribution in [0.2, 0.25) is 0 Å². The number of nitrogens with zero attached hydrogens (tertiary/aromatic N) is 3. The second-order valence-corrected chi connectivity index (χ2v) is 4.12. The van der Waals surface area contributed by atoms with Gasteiger partial charge in [-0.1, -0.05) is 12.1 Å². The molecule has 18 heavy (non-hydrogen) atoms. The van der Waals surface area contributed by atoms with Crippen molar-refractivity contribution < 1.29 is 4.74 Å². The number of rotatable bonds is 2. The first kappa shape index (κ1) is 10.8. The molecular weight excluding hydrogens is 226 g/mol. The zero-order chi connectivity index (χ0) is 12.5. The molecule has 0 saturated heterocycles. The molecule has 2 aromatic heterocycles. The van der Waals surface area contributed by atoms with Crippen LogP contribution in [-0.2, 0) is 0 Å². The van der Waals surface area contributed by atoms with E-state index >= 15 is 0 Å². The Labute approximate surface area is 105 Å². The van der Waals surface area contributed by atoms with Crippen molar-refractivity contribution >= 4 is 5.65 Å². The van der Waals surface area contributed by atoms with Crippen molar-refractivity contribution in [3.05, 3.63) is 48.3 Å². The van der Waals surface area contributed by atoms with Crippen LogP contribution in [0.3, 0.4) is 0 Å². The topological polar surface area (TPSA) is 39.4 Å². The third kappa shape index (κ3) is 1.72. The van der Waals surface area contributed by atoms with Gasteiger partial charge < -0.3 is 4.74 Å². The van der Waals surface area contributed by atoms with E-state index in [4.69, 9.17) is 4.74 Å². The predicted octanol–water partition coefficient (Wildman–Crippen LogP) is 2.71. The fraction of sp³-hybridized carbons (Fsp3) is 0.143. The number of ether oxygens (including phenoxy) is 1. The average Bonchev–Trinajstić information content (AvgIpc) is 2.78. The van der Waals surface area contributed by atoms with Crippen molar-refractivity contribution in [1.82, 2.24) is 14.6 Å². The second kappa shape index (κ2) is 4.14. The Bertz CT molecular complexity index is 703. The first-order valence-electron chi connectivity index (χ1n) is 5.74. The number of aryl methyl sites for hydroxylation is 1. The Morgan fingerprint density at radius 3 is 2.89 bits per heavy atom. The van der Waals surface area contributed by atoms with Crippen molar-refractivity contribution in [1.29, 1.82) is 0 Å². The monoisotopic (exact) mass is 239 g/mol. The van der Waals surface area contributed by atoms with Crippen molar-refractivity contribution in [3.63, 3.8) is 0 Å². The highest BCUT2D eigenvalue weighted by Crippen LogP contribution is 2.23. The number of methoxy groups -OCH3 is 1. The maximum absolute atomic E-state index is 5.25. The van der Waals surface area contributed by atoms with E-state index in [0.717, 1.165) is 28.3 Å². The van der Waals surface area contributed by atoms with Gasteiger partial charge in [0.2, 0.25) is 0 Å². The molecular formula is C14H13N3O. The number of benzene rings is 1. The van der Waals surface area contributed by atoms with E-state index in [9.17, 15) is 0 Å². The summed E-state index contributed by atoms with van der Waals surface area (Å²) < 4.78 is 7.10. The molecule has 0 spiro atoms. The van der Waals surface area contributed by atoms with Gasteiger partial charge in [-0.05, 0) is 25.1 Å². The van der Waals surface area contributed by atoms with E-state index in [1.807, 2.05) is 47.8 Å². The Morgan fingerprint density at radius 2 is 2.06 bits per heavy atom. The van der Waals surface area contributed by atoms with Crippen LogP contribution in [0.15, 0.2) is 42.6 Å².